The number of halogens is 2. The van der Waals surface area contributed by atoms with Crippen LogP contribution in [0.5, 0.6) is 0 Å². The second kappa shape index (κ2) is 7.72. The fourth-order valence-corrected chi connectivity index (χ4v) is 3.80. The van der Waals surface area contributed by atoms with Gasteiger partial charge in [0.05, 0.1) is 28.4 Å². The second-order valence-corrected chi connectivity index (χ2v) is 7.55. The summed E-state index contributed by atoms with van der Waals surface area (Å²) in [6, 6.07) is 6.49. The van der Waals surface area contributed by atoms with Crippen molar-refractivity contribution >= 4 is 44.5 Å². The Balaban J connectivity index is 1.80. The number of carbonyl (C=O) groups excluding carboxylic acids is 1. The summed E-state index contributed by atoms with van der Waals surface area (Å²) in [5.74, 6) is -0.382. The quantitative estimate of drug-likeness (QED) is 0.470. The van der Waals surface area contributed by atoms with E-state index in [-0.39, 0.29) is 29.8 Å². The molecule has 11 heteroatoms. The first-order valence-electron chi connectivity index (χ1n) is 8.52. The highest BCUT2D eigenvalue weighted by molar-refractivity contribution is 7.15. The average molecular weight is 432 g/mol. The topological polar surface area (TPSA) is 109 Å². The Morgan fingerprint density at radius 3 is 2.76 bits per heavy atom. The predicted octanol–water partition coefficient (Wildman–Crippen LogP) is 2.67. The first-order valence-corrected chi connectivity index (χ1v) is 9.78. The average Bonchev–Trinajstić information content (AvgIpc) is 3.30. The number of alkyl halides is 1. The number of Topliss-reactive ketones (excluding diaryl/α,β-unsaturated/α-hetero) is 1. The summed E-state index contributed by atoms with van der Waals surface area (Å²) in [7, 11) is 0. The predicted molar refractivity (Wildman–Crippen MR) is 109 cm³/mol. The molecule has 0 spiro atoms. The van der Waals surface area contributed by atoms with Crippen molar-refractivity contribution in [2.45, 2.75) is 13.0 Å². The molecule has 148 valence electrons. The Morgan fingerprint density at radius 1 is 1.28 bits per heavy atom. The molecule has 0 unspecified atom stereocenters. The van der Waals surface area contributed by atoms with E-state index in [1.165, 1.54) is 10.9 Å². The van der Waals surface area contributed by atoms with Crippen LogP contribution in [0.4, 0.5) is 9.39 Å². The van der Waals surface area contributed by atoms with Gasteiger partial charge in [-0.05, 0) is 24.3 Å². The number of fused-ring (bicyclic) bond motifs is 1. The lowest BCUT2D eigenvalue weighted by Gasteiger charge is -2.09. The van der Waals surface area contributed by atoms with Gasteiger partial charge in [0, 0.05) is 28.4 Å². The highest BCUT2D eigenvalue weighted by Crippen LogP contribution is 2.28. The summed E-state index contributed by atoms with van der Waals surface area (Å²) in [4.78, 5) is 25.9. The van der Waals surface area contributed by atoms with E-state index < -0.39 is 12.2 Å². The van der Waals surface area contributed by atoms with Gasteiger partial charge >= 0.3 is 0 Å². The van der Waals surface area contributed by atoms with Crippen molar-refractivity contribution < 1.29 is 9.18 Å². The molecule has 0 aliphatic heterocycles. The molecule has 1 aromatic carbocycles. The molecule has 0 saturated carbocycles. The maximum Gasteiger partial charge on any atom is 0.282 e. The largest absolute Gasteiger partial charge is 0.390 e. The Labute approximate surface area is 172 Å². The number of aromatic nitrogens is 5. The highest BCUT2D eigenvalue weighted by atomic mass is 35.5. The summed E-state index contributed by atoms with van der Waals surface area (Å²) in [5, 5.41) is 15.0. The molecule has 3 aromatic heterocycles. The number of rotatable bonds is 6. The van der Waals surface area contributed by atoms with Gasteiger partial charge in [0.2, 0.25) is 5.78 Å². The third-order valence-corrected chi connectivity index (χ3v) is 5.32. The molecule has 0 bridgehead atoms. The Kier molecular flexibility index (Phi) is 5.12. The molecule has 4 rings (SSSR count). The number of ketones is 1. The summed E-state index contributed by atoms with van der Waals surface area (Å²) in [5.41, 5.74) is 6.55. The van der Waals surface area contributed by atoms with E-state index in [4.69, 9.17) is 17.3 Å². The van der Waals surface area contributed by atoms with Gasteiger partial charge in [0.25, 0.3) is 5.56 Å². The van der Waals surface area contributed by atoms with Crippen molar-refractivity contribution in [3.05, 3.63) is 62.6 Å². The summed E-state index contributed by atoms with van der Waals surface area (Å²) in [6.07, 6.45) is 1.63. The van der Waals surface area contributed by atoms with Gasteiger partial charge in [0.1, 0.15) is 12.2 Å². The molecule has 0 atom stereocenters. The third-order valence-electron chi connectivity index (χ3n) is 4.26. The van der Waals surface area contributed by atoms with Crippen molar-refractivity contribution in [3.63, 3.8) is 0 Å². The zero-order valence-electron chi connectivity index (χ0n) is 14.9. The molecular weight excluding hydrogens is 418 g/mol. The van der Waals surface area contributed by atoms with Crippen LogP contribution in [0.3, 0.4) is 0 Å². The molecule has 0 radical (unpaired) electrons. The van der Waals surface area contributed by atoms with Crippen LogP contribution in [0.1, 0.15) is 16.2 Å². The third kappa shape index (κ3) is 3.64. The lowest BCUT2D eigenvalue weighted by Crippen LogP contribution is -2.25. The molecule has 0 amide bonds. The molecule has 0 saturated heterocycles. The number of nitrogens with two attached hydrogens (primary N) is 1. The van der Waals surface area contributed by atoms with Crippen molar-refractivity contribution in [1.82, 2.24) is 24.8 Å². The van der Waals surface area contributed by atoms with Crippen LogP contribution in [-0.2, 0) is 13.0 Å². The van der Waals surface area contributed by atoms with Crippen molar-refractivity contribution in [2.75, 3.05) is 12.4 Å². The van der Waals surface area contributed by atoms with Crippen LogP contribution in [-0.4, -0.2) is 37.2 Å². The van der Waals surface area contributed by atoms with E-state index in [0.29, 0.717) is 26.8 Å². The number of aryl methyl sites for hydroxylation is 1. The first kappa shape index (κ1) is 19.2. The van der Waals surface area contributed by atoms with Crippen LogP contribution >= 0.6 is 22.9 Å². The fraction of sp³-hybridized carbons (Fsp3) is 0.167. The molecule has 0 aliphatic rings. The molecular formula is C18H14ClFN6O2S. The minimum atomic E-state index is -0.560. The van der Waals surface area contributed by atoms with Crippen molar-refractivity contribution in [2.24, 2.45) is 0 Å². The second-order valence-electron chi connectivity index (χ2n) is 6.20. The van der Waals surface area contributed by atoms with E-state index >= 15 is 0 Å². The number of hydrogen-bond acceptors (Lipinski definition) is 7. The summed E-state index contributed by atoms with van der Waals surface area (Å²) < 4.78 is 14.9. The number of nitrogens with zero attached hydrogens (tertiary/aromatic N) is 5. The number of anilines is 1. The van der Waals surface area contributed by atoms with E-state index in [9.17, 15) is 14.0 Å². The van der Waals surface area contributed by atoms with Gasteiger partial charge in [-0.25, -0.2) is 4.68 Å². The number of carbonyl (C=O) groups is 1. The van der Waals surface area contributed by atoms with Gasteiger partial charge in [-0.2, -0.15) is 9.78 Å². The number of nitrogen functional groups attached to an aromatic ring is 1. The number of thiophene rings is 1. The number of hydrogen-bond donors (Lipinski definition) is 1. The summed E-state index contributed by atoms with van der Waals surface area (Å²) in [6.45, 7) is -0.717. The molecule has 0 aliphatic carbocycles. The molecule has 29 heavy (non-hydrogen) atoms. The maximum atomic E-state index is 13.0. The van der Waals surface area contributed by atoms with Crippen LogP contribution in [0.25, 0.3) is 16.5 Å². The minimum Gasteiger partial charge on any atom is -0.390 e. The van der Waals surface area contributed by atoms with Crippen LogP contribution < -0.4 is 11.3 Å². The van der Waals surface area contributed by atoms with Crippen molar-refractivity contribution in [1.29, 1.82) is 0 Å². The lowest BCUT2D eigenvalue weighted by molar-refractivity contribution is 0.0962. The smallest absolute Gasteiger partial charge is 0.282 e. The molecule has 8 nitrogen and oxygen atoms in total. The monoisotopic (exact) mass is 431 g/mol. The molecule has 3 heterocycles. The maximum absolute atomic E-state index is 13.0. The van der Waals surface area contributed by atoms with Crippen LogP contribution in [0, 0.1) is 0 Å². The normalized spacial score (nSPS) is 11.2. The SMILES string of the molecule is Nc1scc2c(C(=O)Cn3cc(CC[18F])nn3)nn(-c3ccc(Cl)cc3)c(=O)c12. The fourth-order valence-electron chi connectivity index (χ4n) is 2.89. The Bertz CT molecular complexity index is 1260. The van der Waals surface area contributed by atoms with Gasteiger partial charge in [-0.3, -0.25) is 14.0 Å². The zero-order chi connectivity index (χ0) is 20.5. The van der Waals surface area contributed by atoms with Gasteiger partial charge in [0.15, 0.2) is 0 Å². The van der Waals surface area contributed by atoms with E-state index in [2.05, 4.69) is 15.4 Å². The summed E-state index contributed by atoms with van der Waals surface area (Å²) >= 11 is 7.08. The number of benzene rings is 1. The Morgan fingerprint density at radius 2 is 2.03 bits per heavy atom. The molecule has 0 fully saturated rings. The lowest BCUT2D eigenvalue weighted by atomic mass is 10.1. The van der Waals surface area contributed by atoms with Gasteiger partial charge in [-0.15, -0.1) is 16.4 Å². The van der Waals surface area contributed by atoms with Crippen molar-refractivity contribution in [3.8, 4) is 5.69 Å². The Hall–Kier alpha value is -3.11. The highest BCUT2D eigenvalue weighted by Gasteiger charge is 2.21. The molecule has 2 N–H and O–H groups in total. The first-order chi connectivity index (χ1) is 14.0. The van der Waals surface area contributed by atoms with Gasteiger partial charge < -0.3 is 5.73 Å². The van der Waals surface area contributed by atoms with E-state index in [1.54, 1.807) is 29.6 Å². The van der Waals surface area contributed by atoms with E-state index in [1.807, 2.05) is 0 Å². The zero-order valence-corrected chi connectivity index (χ0v) is 16.5. The standard InChI is InChI=1S/C18H14ClFN6O2S/c19-10-1-3-12(4-2-10)26-18(28)15-13(9-29-17(15)21)16(23-26)14(27)8-25-7-11(5-6-20)22-24-25/h1-4,7,9H,5-6,8,21H2/i20-1. The minimum absolute atomic E-state index is 0.0880. The van der Waals surface area contributed by atoms with Crippen LogP contribution in [0.15, 0.2) is 40.6 Å². The van der Waals surface area contributed by atoms with Crippen LogP contribution in [0.2, 0.25) is 5.02 Å². The van der Waals surface area contributed by atoms with Gasteiger partial charge in [-0.1, -0.05) is 16.8 Å². The van der Waals surface area contributed by atoms with E-state index in [0.717, 1.165) is 16.0 Å². The molecule has 4 aromatic rings.